The number of aliphatic hydroxyl groups excluding tert-OH is 1. The molecule has 1 aromatic carbocycles. The fraction of sp³-hybridized carbons (Fsp3) is 0.200. The first kappa shape index (κ1) is 18.9. The SMILES string of the molecule is Cc1ccc2c(C)nc(Nc3nccc(-c4nnc5nc(CO)nn5c4C)n3)nc2c1. The van der Waals surface area contributed by atoms with Crippen molar-refractivity contribution in [1.82, 2.24) is 44.7 Å². The van der Waals surface area contributed by atoms with E-state index in [9.17, 15) is 5.11 Å². The van der Waals surface area contributed by atoms with Crippen molar-refractivity contribution in [2.24, 2.45) is 0 Å². The van der Waals surface area contributed by atoms with E-state index in [4.69, 9.17) is 0 Å². The van der Waals surface area contributed by atoms with Crippen LogP contribution in [0.3, 0.4) is 0 Å². The Morgan fingerprint density at radius 1 is 0.968 bits per heavy atom. The summed E-state index contributed by atoms with van der Waals surface area (Å²) >= 11 is 0. The predicted molar refractivity (Wildman–Crippen MR) is 113 cm³/mol. The van der Waals surface area contributed by atoms with Gasteiger partial charge in [-0.3, -0.25) is 5.32 Å². The zero-order valence-corrected chi connectivity index (χ0v) is 17.1. The van der Waals surface area contributed by atoms with Gasteiger partial charge in [-0.2, -0.15) is 9.50 Å². The Labute approximate surface area is 176 Å². The Morgan fingerprint density at radius 2 is 1.84 bits per heavy atom. The van der Waals surface area contributed by atoms with Crippen molar-refractivity contribution < 1.29 is 5.11 Å². The molecule has 154 valence electrons. The van der Waals surface area contributed by atoms with E-state index < -0.39 is 0 Å². The fourth-order valence-electron chi connectivity index (χ4n) is 3.31. The van der Waals surface area contributed by atoms with Crippen LogP contribution in [0.1, 0.15) is 22.8 Å². The molecule has 0 amide bonds. The fourth-order valence-corrected chi connectivity index (χ4v) is 3.31. The molecule has 0 saturated carbocycles. The summed E-state index contributed by atoms with van der Waals surface area (Å²) in [5.41, 5.74) is 4.61. The summed E-state index contributed by atoms with van der Waals surface area (Å²) in [6.07, 6.45) is 1.62. The van der Waals surface area contributed by atoms with E-state index in [-0.39, 0.29) is 12.4 Å². The maximum Gasteiger partial charge on any atom is 0.272 e. The van der Waals surface area contributed by atoms with Crippen LogP contribution in [0.5, 0.6) is 0 Å². The van der Waals surface area contributed by atoms with Crippen molar-refractivity contribution in [3.63, 3.8) is 0 Å². The second-order valence-corrected chi connectivity index (χ2v) is 7.08. The van der Waals surface area contributed by atoms with Gasteiger partial charge in [0.15, 0.2) is 5.82 Å². The number of benzene rings is 1. The van der Waals surface area contributed by atoms with Crippen molar-refractivity contribution in [1.29, 1.82) is 0 Å². The molecule has 5 rings (SSSR count). The third kappa shape index (κ3) is 3.40. The molecular weight excluding hydrogens is 396 g/mol. The van der Waals surface area contributed by atoms with Crippen LogP contribution in [-0.4, -0.2) is 49.8 Å². The number of aromatic nitrogens is 9. The lowest BCUT2D eigenvalue weighted by Crippen LogP contribution is -2.06. The monoisotopic (exact) mass is 414 g/mol. The van der Waals surface area contributed by atoms with Gasteiger partial charge >= 0.3 is 0 Å². The lowest BCUT2D eigenvalue weighted by atomic mass is 10.1. The standard InChI is InChI=1S/C20H18N10O/c1-10-4-5-13-11(2)22-19(24-15(13)8-10)26-18-21-7-6-14(23-18)17-12(3)30-20(28-27-17)25-16(9-31)29-30/h4-8,31H,9H2,1-3H3,(H,21,22,23,24,26). The molecule has 0 fully saturated rings. The molecule has 0 radical (unpaired) electrons. The van der Waals surface area contributed by atoms with E-state index >= 15 is 0 Å². The van der Waals surface area contributed by atoms with E-state index in [0.717, 1.165) is 22.2 Å². The van der Waals surface area contributed by atoms with Crippen LogP contribution in [-0.2, 0) is 6.61 Å². The quantitative estimate of drug-likeness (QED) is 0.449. The second-order valence-electron chi connectivity index (χ2n) is 7.08. The molecular formula is C20H18N10O. The third-order valence-electron chi connectivity index (χ3n) is 4.84. The molecule has 0 atom stereocenters. The smallest absolute Gasteiger partial charge is 0.272 e. The highest BCUT2D eigenvalue weighted by Gasteiger charge is 2.15. The van der Waals surface area contributed by atoms with E-state index in [0.29, 0.717) is 34.8 Å². The lowest BCUT2D eigenvalue weighted by molar-refractivity contribution is 0.271. The Bertz CT molecular complexity index is 1450. The number of aliphatic hydroxyl groups is 1. The summed E-state index contributed by atoms with van der Waals surface area (Å²) in [6, 6.07) is 7.80. The molecule has 11 nitrogen and oxygen atoms in total. The van der Waals surface area contributed by atoms with Crippen LogP contribution in [0.15, 0.2) is 30.5 Å². The molecule has 0 spiro atoms. The molecule has 0 aliphatic rings. The van der Waals surface area contributed by atoms with Crippen LogP contribution < -0.4 is 5.32 Å². The number of anilines is 2. The van der Waals surface area contributed by atoms with E-state index in [1.165, 1.54) is 4.52 Å². The van der Waals surface area contributed by atoms with Crippen LogP contribution >= 0.6 is 0 Å². The first-order chi connectivity index (χ1) is 15.0. The number of aryl methyl sites for hydroxylation is 3. The molecule has 2 N–H and O–H groups in total. The molecule has 0 saturated heterocycles. The maximum atomic E-state index is 9.27. The zero-order valence-electron chi connectivity index (χ0n) is 17.1. The van der Waals surface area contributed by atoms with Crippen LogP contribution in [0, 0.1) is 20.8 Å². The molecule has 11 heteroatoms. The van der Waals surface area contributed by atoms with Crippen molar-refractivity contribution in [3.05, 3.63) is 53.2 Å². The molecule has 4 aromatic heterocycles. The number of nitrogens with zero attached hydrogens (tertiary/aromatic N) is 9. The highest BCUT2D eigenvalue weighted by Crippen LogP contribution is 2.22. The molecule has 0 aliphatic carbocycles. The zero-order chi connectivity index (χ0) is 21.5. The van der Waals surface area contributed by atoms with Gasteiger partial charge in [0.2, 0.25) is 11.9 Å². The summed E-state index contributed by atoms with van der Waals surface area (Å²) in [6.45, 7) is 5.52. The first-order valence-electron chi connectivity index (χ1n) is 9.57. The number of rotatable bonds is 4. The summed E-state index contributed by atoms with van der Waals surface area (Å²) < 4.78 is 1.53. The number of hydrogen-bond donors (Lipinski definition) is 2. The van der Waals surface area contributed by atoms with Gasteiger partial charge in [0.1, 0.15) is 12.3 Å². The first-order valence-corrected chi connectivity index (χ1v) is 9.57. The van der Waals surface area contributed by atoms with E-state index in [2.05, 4.69) is 45.5 Å². The van der Waals surface area contributed by atoms with Gasteiger partial charge in [0.25, 0.3) is 5.78 Å². The van der Waals surface area contributed by atoms with E-state index in [1.54, 1.807) is 12.3 Å². The Hall–Kier alpha value is -4.12. The van der Waals surface area contributed by atoms with Crippen molar-refractivity contribution >= 4 is 28.6 Å². The minimum Gasteiger partial charge on any atom is -0.388 e. The van der Waals surface area contributed by atoms with Gasteiger partial charge in [-0.15, -0.1) is 15.3 Å². The van der Waals surface area contributed by atoms with E-state index in [1.807, 2.05) is 39.0 Å². The van der Waals surface area contributed by atoms with Gasteiger partial charge in [0, 0.05) is 11.6 Å². The molecule has 0 aliphatic heterocycles. The predicted octanol–water partition coefficient (Wildman–Crippen LogP) is 2.08. The molecule has 4 heterocycles. The highest BCUT2D eigenvalue weighted by molar-refractivity contribution is 5.82. The largest absolute Gasteiger partial charge is 0.388 e. The van der Waals surface area contributed by atoms with Crippen LogP contribution in [0.4, 0.5) is 11.9 Å². The minimum absolute atomic E-state index is 0.273. The normalized spacial score (nSPS) is 11.4. The molecule has 0 unspecified atom stereocenters. The van der Waals surface area contributed by atoms with Crippen LogP contribution in [0.2, 0.25) is 0 Å². The van der Waals surface area contributed by atoms with Gasteiger partial charge in [0.05, 0.1) is 22.6 Å². The third-order valence-corrected chi connectivity index (χ3v) is 4.84. The summed E-state index contributed by atoms with van der Waals surface area (Å²) in [5, 5.41) is 25.9. The number of fused-ring (bicyclic) bond motifs is 2. The molecule has 31 heavy (non-hydrogen) atoms. The van der Waals surface area contributed by atoms with Crippen molar-refractivity contribution in [2.45, 2.75) is 27.4 Å². The van der Waals surface area contributed by atoms with Gasteiger partial charge in [-0.25, -0.2) is 19.9 Å². The highest BCUT2D eigenvalue weighted by atomic mass is 16.3. The van der Waals surface area contributed by atoms with Crippen LogP contribution in [0.25, 0.3) is 28.1 Å². The maximum absolute atomic E-state index is 9.27. The Morgan fingerprint density at radius 3 is 2.68 bits per heavy atom. The van der Waals surface area contributed by atoms with Gasteiger partial charge in [-0.05, 0) is 38.5 Å². The summed E-state index contributed by atoms with van der Waals surface area (Å²) in [5.74, 6) is 1.33. The Kier molecular flexibility index (Phi) is 4.44. The van der Waals surface area contributed by atoms with Gasteiger partial charge < -0.3 is 5.11 Å². The van der Waals surface area contributed by atoms with Gasteiger partial charge in [-0.1, -0.05) is 12.1 Å². The van der Waals surface area contributed by atoms with Crippen molar-refractivity contribution in [2.75, 3.05) is 5.32 Å². The Balaban J connectivity index is 1.52. The average Bonchev–Trinajstić information content (AvgIpc) is 3.18. The summed E-state index contributed by atoms with van der Waals surface area (Å²) in [7, 11) is 0. The topological polar surface area (TPSA) is 140 Å². The molecule has 0 bridgehead atoms. The second kappa shape index (κ2) is 7.29. The van der Waals surface area contributed by atoms with Crippen molar-refractivity contribution in [3.8, 4) is 11.4 Å². The minimum atomic E-state index is -0.273. The lowest BCUT2D eigenvalue weighted by Gasteiger charge is -2.09. The molecule has 5 aromatic rings. The average molecular weight is 414 g/mol. The number of hydrogen-bond acceptors (Lipinski definition) is 10. The summed E-state index contributed by atoms with van der Waals surface area (Å²) in [4.78, 5) is 22.0. The number of nitrogens with one attached hydrogen (secondary N) is 1.